The van der Waals surface area contributed by atoms with Crippen molar-refractivity contribution in [1.82, 2.24) is 4.98 Å². The molecule has 100 valence electrons. The second-order valence-electron chi connectivity index (χ2n) is 3.65. The van der Waals surface area contributed by atoms with Crippen LogP contribution in [0.4, 0.5) is 17.3 Å². The molecule has 0 unspecified atom stereocenters. The fourth-order valence-electron chi connectivity index (χ4n) is 1.45. The minimum Gasteiger partial charge on any atom is -0.372 e. The minimum absolute atomic E-state index is 0.436. The number of nitrogens with one attached hydrogen (secondary N) is 2. The lowest BCUT2D eigenvalue weighted by molar-refractivity contribution is 1.27. The van der Waals surface area contributed by atoms with Crippen molar-refractivity contribution in [2.75, 3.05) is 17.7 Å². The SMILES string of the molecule is CNc1nc(Nc2ccc(Cl)cc2Br)c(Cl)cc1Cl. The zero-order chi connectivity index (χ0) is 14.0. The molecule has 0 atom stereocenters. The third kappa shape index (κ3) is 3.45. The first-order chi connectivity index (χ1) is 9.01. The van der Waals surface area contributed by atoms with Gasteiger partial charge >= 0.3 is 0 Å². The second kappa shape index (κ2) is 6.18. The summed E-state index contributed by atoms with van der Waals surface area (Å²) in [5.41, 5.74) is 0.808. The predicted molar refractivity (Wildman–Crippen MR) is 86.2 cm³/mol. The molecule has 19 heavy (non-hydrogen) atoms. The van der Waals surface area contributed by atoms with Crippen LogP contribution in [0.15, 0.2) is 28.7 Å². The molecular formula is C12H9BrCl3N3. The van der Waals surface area contributed by atoms with Crippen LogP contribution < -0.4 is 10.6 Å². The van der Waals surface area contributed by atoms with Crippen LogP contribution in [0.25, 0.3) is 0 Å². The Bertz CT molecular complexity index is 619. The third-order valence-corrected chi connectivity index (χ3v) is 3.82. The van der Waals surface area contributed by atoms with Crippen LogP contribution in [0.1, 0.15) is 0 Å². The molecule has 0 aliphatic rings. The molecule has 3 nitrogen and oxygen atoms in total. The van der Waals surface area contributed by atoms with Gasteiger partial charge in [0.05, 0.1) is 15.7 Å². The Morgan fingerprint density at radius 1 is 1.05 bits per heavy atom. The van der Waals surface area contributed by atoms with Gasteiger partial charge in [0.25, 0.3) is 0 Å². The molecule has 0 aliphatic heterocycles. The maximum absolute atomic E-state index is 6.11. The van der Waals surface area contributed by atoms with E-state index in [-0.39, 0.29) is 0 Å². The van der Waals surface area contributed by atoms with Gasteiger partial charge < -0.3 is 10.6 Å². The quantitative estimate of drug-likeness (QED) is 0.728. The molecule has 0 saturated heterocycles. The Labute approximate surface area is 134 Å². The van der Waals surface area contributed by atoms with Crippen molar-refractivity contribution in [2.24, 2.45) is 0 Å². The van der Waals surface area contributed by atoms with Crippen LogP contribution in [-0.4, -0.2) is 12.0 Å². The highest BCUT2D eigenvalue weighted by Gasteiger charge is 2.10. The van der Waals surface area contributed by atoms with E-state index in [1.807, 2.05) is 6.07 Å². The van der Waals surface area contributed by atoms with Crippen molar-refractivity contribution in [2.45, 2.75) is 0 Å². The Morgan fingerprint density at radius 3 is 2.37 bits per heavy atom. The molecule has 1 aromatic heterocycles. The fraction of sp³-hybridized carbons (Fsp3) is 0.0833. The summed E-state index contributed by atoms with van der Waals surface area (Å²) in [4.78, 5) is 4.31. The summed E-state index contributed by atoms with van der Waals surface area (Å²) in [6.45, 7) is 0. The highest BCUT2D eigenvalue weighted by molar-refractivity contribution is 9.10. The van der Waals surface area contributed by atoms with Gasteiger partial charge in [-0.05, 0) is 40.2 Å². The maximum atomic E-state index is 6.11. The summed E-state index contributed by atoms with van der Waals surface area (Å²) in [5, 5.41) is 7.56. The van der Waals surface area contributed by atoms with Crippen molar-refractivity contribution in [1.29, 1.82) is 0 Å². The van der Waals surface area contributed by atoms with E-state index in [9.17, 15) is 0 Å². The summed E-state index contributed by atoms with van der Waals surface area (Å²) in [6, 6.07) is 7.02. The van der Waals surface area contributed by atoms with Gasteiger partial charge in [0.1, 0.15) is 5.82 Å². The summed E-state index contributed by atoms with van der Waals surface area (Å²) >= 11 is 21.4. The molecular weight excluding hydrogens is 372 g/mol. The number of aromatic nitrogens is 1. The number of benzene rings is 1. The molecule has 2 N–H and O–H groups in total. The van der Waals surface area contributed by atoms with Gasteiger partial charge in [0, 0.05) is 16.5 Å². The minimum atomic E-state index is 0.436. The number of hydrogen-bond donors (Lipinski definition) is 2. The summed E-state index contributed by atoms with van der Waals surface area (Å²) < 4.78 is 0.818. The molecule has 2 rings (SSSR count). The molecule has 0 radical (unpaired) electrons. The largest absolute Gasteiger partial charge is 0.372 e. The molecule has 0 spiro atoms. The van der Waals surface area contributed by atoms with Gasteiger partial charge in [-0.1, -0.05) is 34.8 Å². The zero-order valence-corrected chi connectivity index (χ0v) is 13.6. The van der Waals surface area contributed by atoms with E-state index >= 15 is 0 Å². The zero-order valence-electron chi connectivity index (χ0n) is 9.77. The normalized spacial score (nSPS) is 10.4. The topological polar surface area (TPSA) is 37.0 Å². The van der Waals surface area contributed by atoms with Crippen LogP contribution >= 0.6 is 50.7 Å². The van der Waals surface area contributed by atoms with E-state index in [1.165, 1.54) is 0 Å². The van der Waals surface area contributed by atoms with Gasteiger partial charge in [0.2, 0.25) is 0 Å². The molecule has 2 aromatic rings. The predicted octanol–water partition coefficient (Wildman–Crippen LogP) is 5.59. The smallest absolute Gasteiger partial charge is 0.151 e. The third-order valence-electron chi connectivity index (χ3n) is 2.35. The summed E-state index contributed by atoms with van der Waals surface area (Å²) in [5.74, 6) is 1.07. The molecule has 0 bridgehead atoms. The van der Waals surface area contributed by atoms with Crippen molar-refractivity contribution < 1.29 is 0 Å². The van der Waals surface area contributed by atoms with E-state index in [0.717, 1.165) is 10.2 Å². The van der Waals surface area contributed by atoms with E-state index in [1.54, 1.807) is 25.2 Å². The molecule has 0 amide bonds. The van der Waals surface area contributed by atoms with Crippen molar-refractivity contribution in [3.8, 4) is 0 Å². The maximum Gasteiger partial charge on any atom is 0.151 e. The molecule has 0 saturated carbocycles. The lowest BCUT2D eigenvalue weighted by Gasteiger charge is -2.12. The van der Waals surface area contributed by atoms with E-state index in [0.29, 0.717) is 26.7 Å². The lowest BCUT2D eigenvalue weighted by Crippen LogP contribution is -2.00. The van der Waals surface area contributed by atoms with Crippen LogP contribution in [-0.2, 0) is 0 Å². The number of rotatable bonds is 3. The van der Waals surface area contributed by atoms with Gasteiger partial charge in [-0.2, -0.15) is 0 Å². The first kappa shape index (κ1) is 14.7. The number of anilines is 3. The van der Waals surface area contributed by atoms with Gasteiger partial charge in [-0.3, -0.25) is 0 Å². The first-order valence-corrected chi connectivity index (χ1v) is 7.20. The number of pyridine rings is 1. The van der Waals surface area contributed by atoms with Gasteiger partial charge in [-0.25, -0.2) is 4.98 Å². The molecule has 1 heterocycles. The Kier molecular flexibility index (Phi) is 4.79. The summed E-state index contributed by atoms with van der Waals surface area (Å²) in [6.07, 6.45) is 0. The number of halogens is 4. The highest BCUT2D eigenvalue weighted by Crippen LogP contribution is 2.33. The van der Waals surface area contributed by atoms with Gasteiger partial charge in [-0.15, -0.1) is 0 Å². The van der Waals surface area contributed by atoms with Crippen LogP contribution in [0.3, 0.4) is 0 Å². The monoisotopic (exact) mass is 379 g/mol. The number of hydrogen-bond acceptors (Lipinski definition) is 3. The van der Waals surface area contributed by atoms with Crippen LogP contribution in [0.2, 0.25) is 15.1 Å². The van der Waals surface area contributed by atoms with Crippen molar-refractivity contribution >= 4 is 68.1 Å². The fourth-order valence-corrected chi connectivity index (χ4v) is 2.73. The Hall–Kier alpha value is -0.680. The van der Waals surface area contributed by atoms with Crippen molar-refractivity contribution in [3.63, 3.8) is 0 Å². The van der Waals surface area contributed by atoms with E-state index in [4.69, 9.17) is 34.8 Å². The number of nitrogens with zero attached hydrogens (tertiary/aromatic N) is 1. The molecule has 0 aliphatic carbocycles. The van der Waals surface area contributed by atoms with Gasteiger partial charge in [0.15, 0.2) is 5.82 Å². The van der Waals surface area contributed by atoms with E-state index in [2.05, 4.69) is 31.5 Å². The average Bonchev–Trinajstić information content (AvgIpc) is 2.35. The van der Waals surface area contributed by atoms with E-state index < -0.39 is 0 Å². The Morgan fingerprint density at radius 2 is 1.74 bits per heavy atom. The summed E-state index contributed by atoms with van der Waals surface area (Å²) in [7, 11) is 1.74. The molecule has 1 aromatic carbocycles. The molecule has 7 heteroatoms. The lowest BCUT2D eigenvalue weighted by atomic mass is 10.3. The Balaban J connectivity index is 2.37. The standard InChI is InChI=1S/C12H9BrCl3N3/c1-17-11-8(15)5-9(16)12(19-11)18-10-3-2-6(14)4-7(10)13/h2-5H,1H3,(H2,17,18,19). The average molecular weight is 381 g/mol. The van der Waals surface area contributed by atoms with Crippen LogP contribution in [0.5, 0.6) is 0 Å². The highest BCUT2D eigenvalue weighted by atomic mass is 79.9. The first-order valence-electron chi connectivity index (χ1n) is 5.27. The molecule has 0 fully saturated rings. The van der Waals surface area contributed by atoms with Crippen molar-refractivity contribution in [3.05, 3.63) is 43.8 Å². The second-order valence-corrected chi connectivity index (χ2v) is 5.75. The van der Waals surface area contributed by atoms with Crippen LogP contribution in [0, 0.1) is 0 Å².